The van der Waals surface area contributed by atoms with E-state index in [1.54, 1.807) is 0 Å². The van der Waals surface area contributed by atoms with Crippen LogP contribution in [0.2, 0.25) is 0 Å². The lowest BCUT2D eigenvalue weighted by atomic mass is 9.96. The second-order valence-electron chi connectivity index (χ2n) is 5.71. The van der Waals surface area contributed by atoms with E-state index in [-0.39, 0.29) is 0 Å². The van der Waals surface area contributed by atoms with Crippen molar-refractivity contribution in [3.63, 3.8) is 0 Å². The van der Waals surface area contributed by atoms with Crippen molar-refractivity contribution >= 4 is 0 Å². The van der Waals surface area contributed by atoms with Crippen LogP contribution in [0.5, 0.6) is 0 Å². The maximum atomic E-state index is 4.13. The molecule has 0 radical (unpaired) electrons. The Morgan fingerprint density at radius 1 is 1.16 bits per heavy atom. The molecule has 3 heterocycles. The van der Waals surface area contributed by atoms with E-state index in [4.69, 9.17) is 0 Å². The van der Waals surface area contributed by atoms with Gasteiger partial charge in [-0.2, -0.15) is 0 Å². The third-order valence-corrected chi connectivity index (χ3v) is 4.34. The minimum atomic E-state index is 0.513. The Balaban J connectivity index is 1.66. The van der Waals surface area contributed by atoms with E-state index >= 15 is 0 Å². The highest BCUT2D eigenvalue weighted by molar-refractivity contribution is 5.16. The van der Waals surface area contributed by atoms with E-state index in [0.717, 1.165) is 25.6 Å². The van der Waals surface area contributed by atoms with E-state index in [2.05, 4.69) is 32.7 Å². The lowest BCUT2D eigenvalue weighted by Gasteiger charge is -2.39. The molecule has 4 nitrogen and oxygen atoms in total. The minimum absolute atomic E-state index is 0.513. The van der Waals surface area contributed by atoms with Crippen LogP contribution < -0.4 is 10.6 Å². The normalized spacial score (nSPS) is 29.3. The largest absolute Gasteiger partial charge is 0.316 e. The zero-order valence-electron chi connectivity index (χ0n) is 11.5. The van der Waals surface area contributed by atoms with Gasteiger partial charge in [-0.3, -0.25) is 9.88 Å². The Labute approximate surface area is 115 Å². The summed E-state index contributed by atoms with van der Waals surface area (Å²) in [6.07, 6.45) is 6.52. The van der Waals surface area contributed by atoms with Gasteiger partial charge in [0.15, 0.2) is 0 Å². The molecular weight excluding hydrogens is 236 g/mol. The molecule has 0 aromatic carbocycles. The van der Waals surface area contributed by atoms with Crippen LogP contribution in [-0.2, 0) is 0 Å². The summed E-state index contributed by atoms with van der Waals surface area (Å²) in [5, 5.41) is 7.05. The molecule has 2 saturated heterocycles. The van der Waals surface area contributed by atoms with Crippen LogP contribution >= 0.6 is 0 Å². The first-order chi connectivity index (χ1) is 9.43. The van der Waals surface area contributed by atoms with E-state index in [1.807, 2.05) is 12.4 Å². The summed E-state index contributed by atoms with van der Waals surface area (Å²) in [6.45, 7) is 6.94. The maximum absolute atomic E-state index is 4.13. The van der Waals surface area contributed by atoms with Gasteiger partial charge in [0, 0.05) is 44.6 Å². The van der Waals surface area contributed by atoms with Crippen molar-refractivity contribution in [2.24, 2.45) is 5.92 Å². The quantitative estimate of drug-likeness (QED) is 0.851. The molecule has 0 spiro atoms. The van der Waals surface area contributed by atoms with Gasteiger partial charge in [0.25, 0.3) is 0 Å². The number of hydrogen-bond acceptors (Lipinski definition) is 4. The second-order valence-corrected chi connectivity index (χ2v) is 5.71. The molecule has 2 N–H and O–H groups in total. The van der Waals surface area contributed by atoms with Crippen molar-refractivity contribution in [1.29, 1.82) is 0 Å². The lowest BCUT2D eigenvalue weighted by molar-refractivity contribution is 0.127. The number of hydrogen-bond donors (Lipinski definition) is 2. The third-order valence-electron chi connectivity index (χ3n) is 4.34. The van der Waals surface area contributed by atoms with Gasteiger partial charge in [-0.25, -0.2) is 0 Å². The molecule has 2 unspecified atom stereocenters. The molecule has 104 valence electrons. The summed E-state index contributed by atoms with van der Waals surface area (Å²) < 4.78 is 0. The molecule has 4 heteroatoms. The van der Waals surface area contributed by atoms with Gasteiger partial charge < -0.3 is 10.6 Å². The summed E-state index contributed by atoms with van der Waals surface area (Å²) in [6, 6.07) is 4.83. The summed E-state index contributed by atoms with van der Waals surface area (Å²) in [4.78, 5) is 6.79. The van der Waals surface area contributed by atoms with E-state index in [0.29, 0.717) is 6.04 Å². The van der Waals surface area contributed by atoms with Crippen LogP contribution in [0.15, 0.2) is 24.5 Å². The fourth-order valence-electron chi connectivity index (χ4n) is 3.29. The van der Waals surface area contributed by atoms with Crippen molar-refractivity contribution < 1.29 is 0 Å². The Bertz CT molecular complexity index is 375. The number of piperidine rings is 1. The highest BCUT2D eigenvalue weighted by Crippen LogP contribution is 2.24. The van der Waals surface area contributed by atoms with Gasteiger partial charge >= 0.3 is 0 Å². The third kappa shape index (κ3) is 3.32. The zero-order chi connectivity index (χ0) is 12.9. The fourth-order valence-corrected chi connectivity index (χ4v) is 3.29. The Morgan fingerprint density at radius 2 is 2.00 bits per heavy atom. The Kier molecular flexibility index (Phi) is 4.43. The molecule has 0 amide bonds. The Morgan fingerprint density at radius 3 is 2.79 bits per heavy atom. The maximum Gasteiger partial charge on any atom is 0.0474 e. The lowest BCUT2D eigenvalue weighted by Crippen LogP contribution is -2.49. The minimum Gasteiger partial charge on any atom is -0.316 e. The molecule has 1 aromatic heterocycles. The molecule has 0 aliphatic carbocycles. The van der Waals surface area contributed by atoms with Crippen LogP contribution in [0.25, 0.3) is 0 Å². The average Bonchev–Trinajstić information content (AvgIpc) is 2.50. The van der Waals surface area contributed by atoms with Crippen molar-refractivity contribution in [2.45, 2.75) is 18.9 Å². The predicted molar refractivity (Wildman–Crippen MR) is 77.0 cm³/mol. The first-order valence-corrected chi connectivity index (χ1v) is 7.49. The van der Waals surface area contributed by atoms with Crippen LogP contribution in [0.1, 0.15) is 24.4 Å². The molecule has 2 atom stereocenters. The number of rotatable bonds is 3. The van der Waals surface area contributed by atoms with Gasteiger partial charge in [0.2, 0.25) is 0 Å². The first-order valence-electron chi connectivity index (χ1n) is 7.49. The molecule has 2 aliphatic heterocycles. The highest BCUT2D eigenvalue weighted by Gasteiger charge is 2.26. The summed E-state index contributed by atoms with van der Waals surface area (Å²) in [5.41, 5.74) is 1.39. The molecule has 2 aliphatic rings. The van der Waals surface area contributed by atoms with Crippen LogP contribution in [0, 0.1) is 5.92 Å². The SMILES string of the molecule is c1cc(C2CNCCN2CC2CCCNC2)ccn1. The van der Waals surface area contributed by atoms with Crippen LogP contribution in [-0.4, -0.2) is 49.2 Å². The number of piperazine rings is 1. The summed E-state index contributed by atoms with van der Waals surface area (Å²) in [7, 11) is 0. The molecule has 0 bridgehead atoms. The van der Waals surface area contributed by atoms with Gasteiger partial charge in [0.1, 0.15) is 0 Å². The predicted octanol–water partition coefficient (Wildman–Crippen LogP) is 1.03. The molecule has 0 saturated carbocycles. The van der Waals surface area contributed by atoms with E-state index in [9.17, 15) is 0 Å². The zero-order valence-corrected chi connectivity index (χ0v) is 11.5. The molecule has 2 fully saturated rings. The highest BCUT2D eigenvalue weighted by atomic mass is 15.2. The number of pyridine rings is 1. The Hall–Kier alpha value is -0.970. The topological polar surface area (TPSA) is 40.2 Å². The second kappa shape index (κ2) is 6.46. The van der Waals surface area contributed by atoms with Crippen molar-refractivity contribution in [3.05, 3.63) is 30.1 Å². The number of aromatic nitrogens is 1. The summed E-state index contributed by atoms with van der Waals surface area (Å²) in [5.74, 6) is 0.816. The van der Waals surface area contributed by atoms with Crippen LogP contribution in [0.4, 0.5) is 0 Å². The van der Waals surface area contributed by atoms with Gasteiger partial charge in [-0.15, -0.1) is 0 Å². The summed E-state index contributed by atoms with van der Waals surface area (Å²) >= 11 is 0. The van der Waals surface area contributed by atoms with E-state index < -0.39 is 0 Å². The van der Waals surface area contributed by atoms with Crippen molar-refractivity contribution in [1.82, 2.24) is 20.5 Å². The fraction of sp³-hybridized carbons (Fsp3) is 0.667. The molecule has 19 heavy (non-hydrogen) atoms. The smallest absolute Gasteiger partial charge is 0.0474 e. The number of nitrogens with zero attached hydrogens (tertiary/aromatic N) is 2. The molecular formula is C15H24N4. The molecule has 3 rings (SSSR count). The van der Waals surface area contributed by atoms with Crippen LogP contribution in [0.3, 0.4) is 0 Å². The monoisotopic (exact) mass is 260 g/mol. The van der Waals surface area contributed by atoms with Gasteiger partial charge in [-0.1, -0.05) is 0 Å². The van der Waals surface area contributed by atoms with Crippen molar-refractivity contribution in [2.75, 3.05) is 39.3 Å². The number of nitrogens with one attached hydrogen (secondary N) is 2. The average molecular weight is 260 g/mol. The molecule has 1 aromatic rings. The standard InChI is InChI=1S/C15H24N4/c1-2-13(10-17-5-1)12-19-9-8-18-11-15(19)14-3-6-16-7-4-14/h3-4,6-7,13,15,17-18H,1-2,5,8-12H2. The van der Waals surface area contributed by atoms with Crippen molar-refractivity contribution in [3.8, 4) is 0 Å². The van der Waals surface area contributed by atoms with Gasteiger partial charge in [-0.05, 0) is 49.5 Å². The van der Waals surface area contributed by atoms with E-state index in [1.165, 1.54) is 38.0 Å². The first kappa shape index (κ1) is 13.0. The van der Waals surface area contributed by atoms with Gasteiger partial charge in [0.05, 0.1) is 0 Å².